The highest BCUT2D eigenvalue weighted by atomic mass is 16.5. The van der Waals surface area contributed by atoms with Gasteiger partial charge in [0, 0.05) is 12.6 Å². The first kappa shape index (κ1) is 13.2. The maximum absolute atomic E-state index is 5.90. The molecular weight excluding hydrogens is 224 g/mol. The summed E-state index contributed by atoms with van der Waals surface area (Å²) in [7, 11) is 0. The molecule has 0 spiro atoms. The summed E-state index contributed by atoms with van der Waals surface area (Å²) in [5.74, 6) is 1.01. The first-order chi connectivity index (χ1) is 8.60. The van der Waals surface area contributed by atoms with E-state index in [2.05, 4.69) is 36.9 Å². The van der Waals surface area contributed by atoms with Gasteiger partial charge in [0.15, 0.2) is 0 Å². The van der Waals surface area contributed by atoms with Crippen LogP contribution in [0.15, 0.2) is 18.2 Å². The Morgan fingerprint density at radius 2 is 2.28 bits per heavy atom. The first-order valence-electron chi connectivity index (χ1n) is 6.90. The second-order valence-electron chi connectivity index (χ2n) is 5.36. The number of rotatable bonds is 4. The third kappa shape index (κ3) is 2.96. The van der Waals surface area contributed by atoms with Gasteiger partial charge in [-0.1, -0.05) is 13.0 Å². The molecule has 1 aliphatic heterocycles. The minimum Gasteiger partial charge on any atom is -0.487 e. The Bertz CT molecular complexity index is 403. The van der Waals surface area contributed by atoms with E-state index >= 15 is 0 Å². The Labute approximate surface area is 110 Å². The third-order valence-corrected chi connectivity index (χ3v) is 3.22. The molecule has 0 radical (unpaired) electrons. The molecule has 0 saturated heterocycles. The molecular formula is C15H24N2O. The molecule has 18 heavy (non-hydrogen) atoms. The zero-order valence-electron chi connectivity index (χ0n) is 11.6. The monoisotopic (exact) mass is 248 g/mol. The number of nitrogens with two attached hydrogens (primary N) is 1. The maximum atomic E-state index is 5.90. The molecule has 0 fully saturated rings. The van der Waals surface area contributed by atoms with Crippen LogP contribution in [0, 0.1) is 0 Å². The average molecular weight is 248 g/mol. The Kier molecular flexibility index (Phi) is 4.12. The SMILES string of the molecule is CCCN1CC(C)Oc2ccc(CC(C)N)cc21. The van der Waals surface area contributed by atoms with Crippen LogP contribution >= 0.6 is 0 Å². The van der Waals surface area contributed by atoms with Crippen molar-refractivity contribution in [1.82, 2.24) is 0 Å². The van der Waals surface area contributed by atoms with Gasteiger partial charge in [-0.15, -0.1) is 0 Å². The number of hydrogen-bond donors (Lipinski definition) is 1. The lowest BCUT2D eigenvalue weighted by molar-refractivity contribution is 0.212. The highest BCUT2D eigenvalue weighted by Gasteiger charge is 2.22. The van der Waals surface area contributed by atoms with E-state index in [1.807, 2.05) is 6.92 Å². The normalized spacial score (nSPS) is 20.2. The highest BCUT2D eigenvalue weighted by Crippen LogP contribution is 2.34. The lowest BCUT2D eigenvalue weighted by atomic mass is 10.0. The molecule has 0 aliphatic carbocycles. The van der Waals surface area contributed by atoms with Crippen molar-refractivity contribution in [2.75, 3.05) is 18.0 Å². The number of ether oxygens (including phenoxy) is 1. The van der Waals surface area contributed by atoms with Crippen molar-refractivity contribution in [3.05, 3.63) is 23.8 Å². The Hall–Kier alpha value is -1.22. The third-order valence-electron chi connectivity index (χ3n) is 3.22. The summed E-state index contributed by atoms with van der Waals surface area (Å²) in [6.45, 7) is 8.44. The quantitative estimate of drug-likeness (QED) is 0.890. The van der Waals surface area contributed by atoms with Gasteiger partial charge in [-0.25, -0.2) is 0 Å². The van der Waals surface area contributed by atoms with E-state index in [0.29, 0.717) is 0 Å². The number of anilines is 1. The molecule has 2 unspecified atom stereocenters. The molecule has 3 heteroatoms. The van der Waals surface area contributed by atoms with Gasteiger partial charge >= 0.3 is 0 Å². The summed E-state index contributed by atoms with van der Waals surface area (Å²) in [5, 5.41) is 0. The molecule has 0 amide bonds. The Morgan fingerprint density at radius 1 is 1.50 bits per heavy atom. The lowest BCUT2D eigenvalue weighted by Crippen LogP contribution is -2.38. The summed E-state index contributed by atoms with van der Waals surface area (Å²) >= 11 is 0. The van der Waals surface area contributed by atoms with Crippen molar-refractivity contribution >= 4 is 5.69 Å². The van der Waals surface area contributed by atoms with Crippen LogP contribution in [-0.2, 0) is 6.42 Å². The van der Waals surface area contributed by atoms with Crippen LogP contribution < -0.4 is 15.4 Å². The molecule has 1 aromatic rings. The van der Waals surface area contributed by atoms with E-state index in [0.717, 1.165) is 31.7 Å². The van der Waals surface area contributed by atoms with Crippen molar-refractivity contribution in [3.8, 4) is 5.75 Å². The van der Waals surface area contributed by atoms with E-state index in [9.17, 15) is 0 Å². The molecule has 1 aromatic carbocycles. The van der Waals surface area contributed by atoms with Gasteiger partial charge in [-0.3, -0.25) is 0 Å². The van der Waals surface area contributed by atoms with Crippen LogP contribution in [0.4, 0.5) is 5.69 Å². The van der Waals surface area contributed by atoms with E-state index < -0.39 is 0 Å². The standard InChI is InChI=1S/C15H24N2O/c1-4-7-17-10-12(3)18-15-6-5-13(8-11(2)16)9-14(15)17/h5-6,9,11-12H,4,7-8,10,16H2,1-3H3. The molecule has 2 atom stereocenters. The van der Waals surface area contributed by atoms with Crippen molar-refractivity contribution in [3.63, 3.8) is 0 Å². The summed E-state index contributed by atoms with van der Waals surface area (Å²) in [5.41, 5.74) is 8.40. The minimum atomic E-state index is 0.200. The summed E-state index contributed by atoms with van der Waals surface area (Å²) < 4.78 is 5.90. The zero-order chi connectivity index (χ0) is 13.1. The van der Waals surface area contributed by atoms with E-state index in [1.54, 1.807) is 0 Å². The van der Waals surface area contributed by atoms with Crippen LogP contribution in [-0.4, -0.2) is 25.2 Å². The second-order valence-corrected chi connectivity index (χ2v) is 5.36. The minimum absolute atomic E-state index is 0.200. The molecule has 0 aromatic heterocycles. The van der Waals surface area contributed by atoms with Gasteiger partial charge in [-0.2, -0.15) is 0 Å². The number of benzene rings is 1. The molecule has 100 valence electrons. The average Bonchev–Trinajstić information content (AvgIpc) is 2.29. The molecule has 2 rings (SSSR count). The lowest BCUT2D eigenvalue weighted by Gasteiger charge is -2.35. The van der Waals surface area contributed by atoms with Gasteiger partial charge in [0.1, 0.15) is 11.9 Å². The Balaban J connectivity index is 2.27. The highest BCUT2D eigenvalue weighted by molar-refractivity contribution is 5.61. The Morgan fingerprint density at radius 3 is 2.94 bits per heavy atom. The fourth-order valence-electron chi connectivity index (χ4n) is 2.55. The molecule has 1 heterocycles. The van der Waals surface area contributed by atoms with Crippen LogP contribution in [0.3, 0.4) is 0 Å². The first-order valence-corrected chi connectivity index (χ1v) is 6.90. The van der Waals surface area contributed by atoms with E-state index in [-0.39, 0.29) is 12.1 Å². The smallest absolute Gasteiger partial charge is 0.143 e. The van der Waals surface area contributed by atoms with Gasteiger partial charge in [0.25, 0.3) is 0 Å². The zero-order valence-corrected chi connectivity index (χ0v) is 11.6. The van der Waals surface area contributed by atoms with Gasteiger partial charge in [0.2, 0.25) is 0 Å². The fraction of sp³-hybridized carbons (Fsp3) is 0.600. The van der Waals surface area contributed by atoms with Crippen molar-refractivity contribution in [1.29, 1.82) is 0 Å². The predicted molar refractivity (Wildman–Crippen MR) is 76.4 cm³/mol. The van der Waals surface area contributed by atoms with Crippen molar-refractivity contribution in [2.45, 2.75) is 45.8 Å². The van der Waals surface area contributed by atoms with Crippen LogP contribution in [0.1, 0.15) is 32.8 Å². The van der Waals surface area contributed by atoms with E-state index in [4.69, 9.17) is 10.5 Å². The number of hydrogen-bond acceptors (Lipinski definition) is 3. The topological polar surface area (TPSA) is 38.5 Å². The second kappa shape index (κ2) is 5.61. The van der Waals surface area contributed by atoms with Crippen LogP contribution in [0.25, 0.3) is 0 Å². The molecule has 3 nitrogen and oxygen atoms in total. The summed E-state index contributed by atoms with van der Waals surface area (Å²) in [6, 6.07) is 6.65. The van der Waals surface area contributed by atoms with Gasteiger partial charge < -0.3 is 15.4 Å². The largest absolute Gasteiger partial charge is 0.487 e. The molecule has 1 aliphatic rings. The van der Waals surface area contributed by atoms with Crippen LogP contribution in [0.2, 0.25) is 0 Å². The van der Waals surface area contributed by atoms with Crippen LogP contribution in [0.5, 0.6) is 5.75 Å². The van der Waals surface area contributed by atoms with Crippen molar-refractivity contribution < 1.29 is 4.74 Å². The molecule has 2 N–H and O–H groups in total. The molecule has 0 bridgehead atoms. The van der Waals surface area contributed by atoms with Gasteiger partial charge in [-0.05, 0) is 44.4 Å². The molecule has 0 saturated carbocycles. The maximum Gasteiger partial charge on any atom is 0.143 e. The number of nitrogens with zero attached hydrogens (tertiary/aromatic N) is 1. The summed E-state index contributed by atoms with van der Waals surface area (Å²) in [6.07, 6.45) is 2.34. The summed E-state index contributed by atoms with van der Waals surface area (Å²) in [4.78, 5) is 2.42. The van der Waals surface area contributed by atoms with Gasteiger partial charge in [0.05, 0.1) is 12.2 Å². The number of fused-ring (bicyclic) bond motifs is 1. The predicted octanol–water partition coefficient (Wildman–Crippen LogP) is 2.57. The van der Waals surface area contributed by atoms with Crippen molar-refractivity contribution in [2.24, 2.45) is 5.73 Å². The fourth-order valence-corrected chi connectivity index (χ4v) is 2.55. The van der Waals surface area contributed by atoms with E-state index in [1.165, 1.54) is 11.3 Å².